The number of allylic oxidation sites excluding steroid dienone is 21. The molecular formula is C78H131NO13. The van der Waals surface area contributed by atoms with Crippen LogP contribution in [-0.2, 0) is 23.7 Å². The molecule has 2 heterocycles. The van der Waals surface area contributed by atoms with Gasteiger partial charge in [0.25, 0.3) is 0 Å². The molecule has 0 bridgehead atoms. The summed E-state index contributed by atoms with van der Waals surface area (Å²) in [6, 6.07) is -0.958. The normalized spacial score (nSPS) is 23.5. The van der Waals surface area contributed by atoms with E-state index in [1.54, 1.807) is 6.08 Å². The zero-order valence-electron chi connectivity index (χ0n) is 57.2. The van der Waals surface area contributed by atoms with Gasteiger partial charge in [0.1, 0.15) is 48.8 Å². The molecule has 2 aliphatic heterocycles. The van der Waals surface area contributed by atoms with Gasteiger partial charge in [0, 0.05) is 6.42 Å². The molecule has 0 radical (unpaired) electrons. The fourth-order valence-electron chi connectivity index (χ4n) is 11.0. The molecule has 526 valence electrons. The van der Waals surface area contributed by atoms with Gasteiger partial charge >= 0.3 is 0 Å². The molecule has 0 aromatic carbocycles. The molecule has 14 nitrogen and oxygen atoms in total. The lowest BCUT2D eigenvalue weighted by atomic mass is 9.97. The van der Waals surface area contributed by atoms with E-state index in [4.69, 9.17) is 18.9 Å². The minimum Gasteiger partial charge on any atom is -0.394 e. The van der Waals surface area contributed by atoms with Gasteiger partial charge in [0.2, 0.25) is 5.91 Å². The van der Waals surface area contributed by atoms with Crippen molar-refractivity contribution in [1.29, 1.82) is 0 Å². The number of rotatable bonds is 58. The maximum absolute atomic E-state index is 13.3. The first-order valence-electron chi connectivity index (χ1n) is 36.4. The number of aliphatic hydroxyl groups excluding tert-OH is 8. The molecule has 2 rings (SSSR count). The summed E-state index contributed by atoms with van der Waals surface area (Å²) in [5, 5.41) is 87.5. The van der Waals surface area contributed by atoms with Crippen LogP contribution in [0.15, 0.2) is 134 Å². The van der Waals surface area contributed by atoms with Crippen LogP contribution in [0.25, 0.3) is 0 Å². The van der Waals surface area contributed by atoms with Gasteiger partial charge in [-0.1, -0.05) is 276 Å². The largest absolute Gasteiger partial charge is 0.394 e. The molecule has 0 spiro atoms. The van der Waals surface area contributed by atoms with Gasteiger partial charge in [-0.3, -0.25) is 4.79 Å². The van der Waals surface area contributed by atoms with Crippen molar-refractivity contribution in [2.75, 3.05) is 19.8 Å². The Labute approximate surface area is 558 Å². The summed E-state index contributed by atoms with van der Waals surface area (Å²) in [5.41, 5.74) is 0. The summed E-state index contributed by atoms with van der Waals surface area (Å²) in [7, 11) is 0. The van der Waals surface area contributed by atoms with Crippen LogP contribution in [0.2, 0.25) is 0 Å². The standard InChI is InChI=1S/C78H131NO13/c1-3-5-7-9-11-13-15-17-19-21-23-25-27-29-31-32-33-34-36-38-40-42-44-46-48-50-52-54-56-58-60-62-70(83)79-66(65-89-77-75(88)73(86)76(69(64-81)91-77)92-78-74(87)72(85)71(84)68(63-80)90-78)67(82)61-59-57-55-53-51-49-47-45-43-41-39-37-35-30-28-26-24-22-20-18-16-14-12-10-8-6-4-2/h5,7,11,13,17,19,23,25,29,31,33-34,38,40,43-46,51,53,59,61,66-69,71-78,80-82,84-88H,3-4,6,8-10,12,14-16,18,20-22,24,26-28,30,32,35-37,39,41-42,47-50,52,54-58,60,62-65H2,1-2H3,(H,79,83)/b7-5-,13-11-,19-17-,25-23-,31-29-,34-33-,40-38-,45-43+,46-44-,53-51+,61-59+. The molecule has 2 aliphatic rings. The Balaban J connectivity index is 1.72. The van der Waals surface area contributed by atoms with Crippen molar-refractivity contribution >= 4 is 5.91 Å². The highest BCUT2D eigenvalue weighted by atomic mass is 16.7. The Morgan fingerprint density at radius 1 is 0.402 bits per heavy atom. The van der Waals surface area contributed by atoms with E-state index < -0.39 is 86.8 Å². The third-order valence-electron chi connectivity index (χ3n) is 16.8. The molecule has 0 aromatic heterocycles. The van der Waals surface area contributed by atoms with E-state index in [0.717, 1.165) is 116 Å². The van der Waals surface area contributed by atoms with E-state index in [9.17, 15) is 45.6 Å². The molecule has 12 atom stereocenters. The molecule has 14 heteroatoms. The van der Waals surface area contributed by atoms with Crippen molar-refractivity contribution in [2.24, 2.45) is 0 Å². The van der Waals surface area contributed by atoms with Gasteiger partial charge in [-0.15, -0.1) is 0 Å². The van der Waals surface area contributed by atoms with Crippen molar-refractivity contribution in [3.63, 3.8) is 0 Å². The fourth-order valence-corrected chi connectivity index (χ4v) is 11.0. The monoisotopic (exact) mass is 1290 g/mol. The van der Waals surface area contributed by atoms with Gasteiger partial charge in [0.15, 0.2) is 12.6 Å². The van der Waals surface area contributed by atoms with Crippen molar-refractivity contribution in [2.45, 2.75) is 331 Å². The van der Waals surface area contributed by atoms with Crippen molar-refractivity contribution in [3.05, 3.63) is 134 Å². The molecule has 12 unspecified atom stereocenters. The molecular weight excluding hydrogens is 1160 g/mol. The van der Waals surface area contributed by atoms with E-state index >= 15 is 0 Å². The molecule has 2 saturated heterocycles. The van der Waals surface area contributed by atoms with Crippen molar-refractivity contribution < 1.29 is 64.6 Å². The number of nitrogens with one attached hydrogen (secondary N) is 1. The maximum atomic E-state index is 13.3. The molecule has 0 aliphatic carbocycles. The first-order valence-corrected chi connectivity index (χ1v) is 36.4. The predicted molar refractivity (Wildman–Crippen MR) is 378 cm³/mol. The van der Waals surface area contributed by atoms with Crippen LogP contribution in [0.3, 0.4) is 0 Å². The van der Waals surface area contributed by atoms with Gasteiger partial charge in [-0.05, 0) is 109 Å². The first kappa shape index (κ1) is 84.2. The number of hydrogen-bond donors (Lipinski definition) is 9. The lowest BCUT2D eigenvalue weighted by molar-refractivity contribution is -0.359. The summed E-state index contributed by atoms with van der Waals surface area (Å²) in [4.78, 5) is 13.3. The highest BCUT2D eigenvalue weighted by Gasteiger charge is 2.51. The topological polar surface area (TPSA) is 228 Å². The van der Waals surface area contributed by atoms with E-state index in [-0.39, 0.29) is 18.9 Å². The zero-order chi connectivity index (χ0) is 66.6. The van der Waals surface area contributed by atoms with Gasteiger partial charge in [-0.2, -0.15) is 0 Å². The SMILES string of the molecule is CC/C=C\C/C=C\C/C=C\C/C=C\C/C=C\C/C=C\C/C=C\C/C=C\CCCCCCCCC(=O)NC(COC1OC(CO)C(OC2OC(CO)C(O)C(O)C2O)C(O)C1O)C(O)/C=C/CC/C=C/CC/C=C/CCCCCCCCCCCCCCCCCCC. The number of unbranched alkanes of at least 4 members (excludes halogenated alkanes) is 25. The Hall–Kier alpha value is -3.87. The van der Waals surface area contributed by atoms with Gasteiger partial charge in [0.05, 0.1) is 32.0 Å². The zero-order valence-corrected chi connectivity index (χ0v) is 57.2. The molecule has 0 saturated carbocycles. The first-order chi connectivity index (χ1) is 45.1. The quantitative estimate of drug-likeness (QED) is 0.0204. The average Bonchev–Trinajstić information content (AvgIpc) is 0.844. The van der Waals surface area contributed by atoms with E-state index in [1.165, 1.54) is 109 Å². The number of carbonyl (C=O) groups excluding carboxylic acids is 1. The highest BCUT2D eigenvalue weighted by Crippen LogP contribution is 2.30. The number of ether oxygens (including phenoxy) is 4. The average molecular weight is 1290 g/mol. The number of aliphatic hydroxyl groups is 8. The second-order valence-electron chi connectivity index (χ2n) is 25.0. The van der Waals surface area contributed by atoms with Crippen LogP contribution >= 0.6 is 0 Å². The summed E-state index contributed by atoms with van der Waals surface area (Å²) in [5.74, 6) is -0.272. The Kier molecular flexibility index (Phi) is 55.6. The van der Waals surface area contributed by atoms with E-state index in [0.29, 0.717) is 12.8 Å². The fraction of sp³-hybridized carbons (Fsp3) is 0.705. The predicted octanol–water partition coefficient (Wildman–Crippen LogP) is 15.5. The third-order valence-corrected chi connectivity index (χ3v) is 16.8. The van der Waals surface area contributed by atoms with Crippen LogP contribution in [0.1, 0.15) is 258 Å². The number of carbonyl (C=O) groups is 1. The Morgan fingerprint density at radius 3 is 1.20 bits per heavy atom. The highest BCUT2D eigenvalue weighted by molar-refractivity contribution is 5.76. The van der Waals surface area contributed by atoms with Gasteiger partial charge in [-0.25, -0.2) is 0 Å². The van der Waals surface area contributed by atoms with Crippen LogP contribution in [0.5, 0.6) is 0 Å². The van der Waals surface area contributed by atoms with Crippen molar-refractivity contribution in [3.8, 4) is 0 Å². The van der Waals surface area contributed by atoms with Crippen LogP contribution in [-0.4, -0.2) is 140 Å². The Bertz CT molecular complexity index is 2060. The minimum atomic E-state index is -1.80. The second kappa shape index (κ2) is 60.8. The maximum Gasteiger partial charge on any atom is 0.220 e. The molecule has 0 aromatic rings. The van der Waals surface area contributed by atoms with Gasteiger partial charge < -0.3 is 65.1 Å². The molecule has 1 amide bonds. The second-order valence-corrected chi connectivity index (χ2v) is 25.0. The lowest BCUT2D eigenvalue weighted by Gasteiger charge is -2.46. The summed E-state index contributed by atoms with van der Waals surface area (Å²) < 4.78 is 22.8. The number of amides is 1. The van der Waals surface area contributed by atoms with Crippen LogP contribution in [0.4, 0.5) is 0 Å². The summed E-state index contributed by atoms with van der Waals surface area (Å²) in [6.07, 6.45) is 73.6. The smallest absolute Gasteiger partial charge is 0.220 e. The molecule has 92 heavy (non-hydrogen) atoms. The third kappa shape index (κ3) is 44.0. The molecule has 9 N–H and O–H groups in total. The van der Waals surface area contributed by atoms with E-state index in [2.05, 4.69) is 141 Å². The van der Waals surface area contributed by atoms with Crippen molar-refractivity contribution in [1.82, 2.24) is 5.32 Å². The minimum absolute atomic E-state index is 0.244. The molecule has 2 fully saturated rings. The number of hydrogen-bond acceptors (Lipinski definition) is 13. The van der Waals surface area contributed by atoms with E-state index in [1.807, 2.05) is 6.08 Å². The van der Waals surface area contributed by atoms with Crippen LogP contribution < -0.4 is 5.32 Å². The summed E-state index contributed by atoms with van der Waals surface area (Å²) in [6.45, 7) is 2.66. The lowest BCUT2D eigenvalue weighted by Crippen LogP contribution is -2.65. The Morgan fingerprint density at radius 2 is 0.761 bits per heavy atom. The summed E-state index contributed by atoms with van der Waals surface area (Å²) >= 11 is 0. The van der Waals surface area contributed by atoms with Crippen LogP contribution in [0, 0.1) is 0 Å².